The summed E-state index contributed by atoms with van der Waals surface area (Å²) in [7, 11) is 3.30. The summed E-state index contributed by atoms with van der Waals surface area (Å²) in [6.45, 7) is 0.0672. The summed E-state index contributed by atoms with van der Waals surface area (Å²) in [6.07, 6.45) is 3.33. The van der Waals surface area contributed by atoms with Crippen molar-refractivity contribution in [3.8, 4) is 22.8 Å². The number of ether oxygens (including phenoxy) is 2. The maximum Gasteiger partial charge on any atom is 0.135 e. The number of nitrogens with zero attached hydrogens (tertiary/aromatic N) is 2. The van der Waals surface area contributed by atoms with E-state index in [-0.39, 0.29) is 6.54 Å². The van der Waals surface area contributed by atoms with Crippen molar-refractivity contribution in [3.05, 3.63) is 82.4 Å². The van der Waals surface area contributed by atoms with Gasteiger partial charge in [-0.05, 0) is 36.6 Å². The van der Waals surface area contributed by atoms with E-state index in [2.05, 4.69) is 22.3 Å². The Morgan fingerprint density at radius 1 is 0.926 bits per heavy atom. The van der Waals surface area contributed by atoms with Crippen molar-refractivity contribution in [2.45, 2.75) is 19.4 Å². The van der Waals surface area contributed by atoms with Gasteiger partial charge < -0.3 is 9.47 Å². The number of methoxy groups -OCH3 is 2. The molecule has 0 unspecified atom stereocenters. The van der Waals surface area contributed by atoms with Gasteiger partial charge in [-0.15, -0.1) is 0 Å². The highest BCUT2D eigenvalue weighted by atomic mass is 16.5. The maximum absolute atomic E-state index is 10.8. The summed E-state index contributed by atoms with van der Waals surface area (Å²) in [5.41, 5.74) is 4.54. The number of benzene rings is 2. The third-order valence-corrected chi connectivity index (χ3v) is 4.53. The molecule has 0 aliphatic rings. The molecule has 3 aromatic rings. The number of aromatic nitrogens is 1. The maximum atomic E-state index is 10.8. The Kier molecular flexibility index (Phi) is 6.15. The molecule has 0 saturated carbocycles. The van der Waals surface area contributed by atoms with E-state index in [0.29, 0.717) is 5.69 Å². The lowest BCUT2D eigenvalue weighted by molar-refractivity contribution is 0.386. The van der Waals surface area contributed by atoms with E-state index in [0.717, 1.165) is 41.0 Å². The number of pyridine rings is 1. The van der Waals surface area contributed by atoms with Gasteiger partial charge in [-0.3, -0.25) is 4.98 Å². The van der Waals surface area contributed by atoms with Gasteiger partial charge in [-0.25, -0.2) is 0 Å². The molecule has 5 nitrogen and oxygen atoms in total. The predicted molar refractivity (Wildman–Crippen MR) is 106 cm³/mol. The second kappa shape index (κ2) is 8.94. The molecular formula is C22H22N2O3. The van der Waals surface area contributed by atoms with Crippen LogP contribution in [0.1, 0.15) is 16.7 Å². The molecule has 1 heterocycles. The lowest BCUT2D eigenvalue weighted by Gasteiger charge is -2.18. The molecule has 0 bridgehead atoms. The Morgan fingerprint density at radius 2 is 1.74 bits per heavy atom. The zero-order valence-electron chi connectivity index (χ0n) is 15.5. The Morgan fingerprint density at radius 3 is 2.44 bits per heavy atom. The number of hydrogen-bond acceptors (Lipinski definition) is 5. The molecule has 5 heteroatoms. The Labute approximate surface area is 159 Å². The first kappa shape index (κ1) is 18.6. The van der Waals surface area contributed by atoms with E-state index in [1.54, 1.807) is 26.5 Å². The SMILES string of the molecule is COc1ccc(-c2ncccc2CN=O)c(OC)c1CCc1ccccc1. The first-order valence-corrected chi connectivity index (χ1v) is 8.79. The molecule has 0 aliphatic carbocycles. The van der Waals surface area contributed by atoms with E-state index in [4.69, 9.17) is 9.47 Å². The van der Waals surface area contributed by atoms with Crippen LogP contribution in [-0.4, -0.2) is 19.2 Å². The first-order chi connectivity index (χ1) is 13.3. The van der Waals surface area contributed by atoms with Crippen LogP contribution in [0.3, 0.4) is 0 Å². The van der Waals surface area contributed by atoms with Crippen molar-refractivity contribution in [3.63, 3.8) is 0 Å². The molecule has 3 rings (SSSR count). The van der Waals surface area contributed by atoms with Gasteiger partial charge >= 0.3 is 0 Å². The smallest absolute Gasteiger partial charge is 0.135 e. The van der Waals surface area contributed by atoms with Crippen molar-refractivity contribution in [2.24, 2.45) is 5.18 Å². The second-order valence-electron chi connectivity index (χ2n) is 6.11. The Bertz CT molecular complexity index is 911. The fourth-order valence-corrected chi connectivity index (χ4v) is 3.25. The molecule has 0 radical (unpaired) electrons. The second-order valence-corrected chi connectivity index (χ2v) is 6.11. The van der Waals surface area contributed by atoms with E-state index >= 15 is 0 Å². The highest BCUT2D eigenvalue weighted by molar-refractivity contribution is 5.74. The zero-order chi connectivity index (χ0) is 19.1. The minimum atomic E-state index is 0.0672. The van der Waals surface area contributed by atoms with Crippen molar-refractivity contribution < 1.29 is 9.47 Å². The molecule has 27 heavy (non-hydrogen) atoms. The van der Waals surface area contributed by atoms with Crippen LogP contribution in [-0.2, 0) is 19.4 Å². The van der Waals surface area contributed by atoms with Crippen LogP contribution in [0.5, 0.6) is 11.5 Å². The van der Waals surface area contributed by atoms with Crippen molar-refractivity contribution in [2.75, 3.05) is 14.2 Å². The molecular weight excluding hydrogens is 340 g/mol. The lowest BCUT2D eigenvalue weighted by Crippen LogP contribution is -2.02. The van der Waals surface area contributed by atoms with E-state index in [1.165, 1.54) is 5.56 Å². The summed E-state index contributed by atoms with van der Waals surface area (Å²) < 4.78 is 11.3. The van der Waals surface area contributed by atoms with Gasteiger partial charge in [0, 0.05) is 22.9 Å². The number of rotatable bonds is 8. The van der Waals surface area contributed by atoms with Crippen LogP contribution >= 0.6 is 0 Å². The summed E-state index contributed by atoms with van der Waals surface area (Å²) in [6, 6.07) is 17.8. The van der Waals surface area contributed by atoms with E-state index in [9.17, 15) is 4.91 Å². The lowest BCUT2D eigenvalue weighted by atomic mass is 9.97. The van der Waals surface area contributed by atoms with Crippen LogP contribution < -0.4 is 9.47 Å². The van der Waals surface area contributed by atoms with Gasteiger partial charge in [0.2, 0.25) is 0 Å². The molecule has 0 N–H and O–H groups in total. The van der Waals surface area contributed by atoms with Gasteiger partial charge in [0.15, 0.2) is 0 Å². The van der Waals surface area contributed by atoms with E-state index < -0.39 is 0 Å². The normalized spacial score (nSPS) is 10.4. The minimum absolute atomic E-state index is 0.0672. The third-order valence-electron chi connectivity index (χ3n) is 4.53. The van der Waals surface area contributed by atoms with Crippen LogP contribution in [0.15, 0.2) is 66.0 Å². The van der Waals surface area contributed by atoms with Gasteiger partial charge in [0.1, 0.15) is 18.0 Å². The summed E-state index contributed by atoms with van der Waals surface area (Å²) in [5, 5.41) is 3.02. The first-order valence-electron chi connectivity index (χ1n) is 8.79. The fourth-order valence-electron chi connectivity index (χ4n) is 3.25. The van der Waals surface area contributed by atoms with Crippen LogP contribution in [0.4, 0.5) is 0 Å². The van der Waals surface area contributed by atoms with Crippen LogP contribution in [0.25, 0.3) is 11.3 Å². The van der Waals surface area contributed by atoms with Crippen LogP contribution in [0, 0.1) is 4.91 Å². The molecule has 1 aromatic heterocycles. The topological polar surface area (TPSA) is 60.8 Å². The summed E-state index contributed by atoms with van der Waals surface area (Å²) >= 11 is 0. The average Bonchev–Trinajstić information content (AvgIpc) is 2.73. The number of nitroso groups, excluding NO2 is 1. The zero-order valence-corrected chi connectivity index (χ0v) is 15.5. The standard InChI is InChI=1S/C22H22N2O3/c1-26-20-13-12-19(21-17(15-24-25)9-6-14-23-21)22(27-2)18(20)11-10-16-7-4-3-5-8-16/h3-9,12-14H,10-11,15H2,1-2H3. The molecule has 0 amide bonds. The highest BCUT2D eigenvalue weighted by Gasteiger charge is 2.19. The predicted octanol–water partition coefficient (Wildman–Crippen LogP) is 4.82. The van der Waals surface area contributed by atoms with Gasteiger partial charge in [-0.1, -0.05) is 41.6 Å². The molecule has 2 aromatic carbocycles. The third kappa shape index (κ3) is 4.14. The average molecular weight is 362 g/mol. The minimum Gasteiger partial charge on any atom is -0.496 e. The van der Waals surface area contributed by atoms with Crippen LogP contribution in [0.2, 0.25) is 0 Å². The van der Waals surface area contributed by atoms with Crippen molar-refractivity contribution >= 4 is 0 Å². The highest BCUT2D eigenvalue weighted by Crippen LogP contribution is 2.39. The summed E-state index contributed by atoms with van der Waals surface area (Å²) in [5.74, 6) is 1.49. The molecule has 0 spiro atoms. The van der Waals surface area contributed by atoms with E-state index in [1.807, 2.05) is 36.4 Å². The molecule has 138 valence electrons. The van der Waals surface area contributed by atoms with Crippen molar-refractivity contribution in [1.29, 1.82) is 0 Å². The molecule has 0 atom stereocenters. The van der Waals surface area contributed by atoms with Gasteiger partial charge in [0.25, 0.3) is 0 Å². The number of hydrogen-bond donors (Lipinski definition) is 0. The molecule has 0 saturated heterocycles. The largest absolute Gasteiger partial charge is 0.496 e. The van der Waals surface area contributed by atoms with Gasteiger partial charge in [-0.2, -0.15) is 4.91 Å². The fraction of sp³-hybridized carbons (Fsp3) is 0.227. The Balaban J connectivity index is 2.05. The van der Waals surface area contributed by atoms with Gasteiger partial charge in [0.05, 0.1) is 19.9 Å². The molecule has 0 aliphatic heterocycles. The summed E-state index contributed by atoms with van der Waals surface area (Å²) in [4.78, 5) is 15.3. The molecule has 0 fully saturated rings. The van der Waals surface area contributed by atoms with Crippen molar-refractivity contribution in [1.82, 2.24) is 4.98 Å². The monoisotopic (exact) mass is 362 g/mol. The number of aryl methyl sites for hydroxylation is 1. The Hall–Kier alpha value is -3.21. The quantitative estimate of drug-likeness (QED) is 0.539.